The Morgan fingerprint density at radius 2 is 1.71 bits per heavy atom. The van der Waals surface area contributed by atoms with Gasteiger partial charge in [-0.1, -0.05) is 35.9 Å². The number of piperidine rings is 1. The van der Waals surface area contributed by atoms with E-state index >= 15 is 8.78 Å². The van der Waals surface area contributed by atoms with Gasteiger partial charge in [0, 0.05) is 29.1 Å². The fourth-order valence-electron chi connectivity index (χ4n) is 4.40. The van der Waals surface area contributed by atoms with E-state index in [1.807, 2.05) is 0 Å². The summed E-state index contributed by atoms with van der Waals surface area (Å²) in [5.74, 6) is -6.38. The smallest absolute Gasteiger partial charge is 0.348 e. The molecule has 1 fully saturated rings. The second kappa shape index (κ2) is 8.82. The van der Waals surface area contributed by atoms with Crippen LogP contribution in [0.1, 0.15) is 39.9 Å². The number of benzene rings is 2. The van der Waals surface area contributed by atoms with Crippen LogP contribution in [0.5, 0.6) is 0 Å². The molecule has 7 nitrogen and oxygen atoms in total. The first kappa shape index (κ1) is 25.0. The fraction of sp³-hybridized carbons (Fsp3) is 0.273. The topological polar surface area (TPSA) is 86.8 Å². The van der Waals surface area contributed by atoms with Crippen molar-refractivity contribution >= 4 is 58.9 Å². The molecule has 1 atom stereocenters. The van der Waals surface area contributed by atoms with Gasteiger partial charge in [0.25, 0.3) is 11.8 Å². The molecular formula is C22H21B3ClF2N3O4. The summed E-state index contributed by atoms with van der Waals surface area (Å²) in [5, 5.41) is 1.39. The lowest BCUT2D eigenvalue weighted by molar-refractivity contribution is -0.155. The zero-order chi connectivity index (χ0) is 25.7. The average Bonchev–Trinajstić information content (AvgIpc) is 3.13. The average molecular weight is 497 g/mol. The minimum atomic E-state index is -3.77. The third-order valence-corrected chi connectivity index (χ3v) is 7.10. The number of nitrogens with one attached hydrogen (secondary N) is 1. The Bertz CT molecular complexity index is 1240. The Morgan fingerprint density at radius 3 is 2.34 bits per heavy atom. The van der Waals surface area contributed by atoms with Gasteiger partial charge in [0.05, 0.1) is 0 Å². The van der Waals surface area contributed by atoms with Gasteiger partial charge < -0.3 is 9.71 Å². The zero-order valence-corrected chi connectivity index (χ0v) is 20.2. The number of alkyl halides is 2. The highest BCUT2D eigenvalue weighted by atomic mass is 35.5. The summed E-state index contributed by atoms with van der Waals surface area (Å²) in [6, 6.07) is 8.97. The number of hydrogen-bond donors (Lipinski definition) is 1. The van der Waals surface area contributed by atoms with Gasteiger partial charge in [-0.2, -0.15) is 8.78 Å². The lowest BCUT2D eigenvalue weighted by atomic mass is 9.55. The lowest BCUT2D eigenvalue weighted by Crippen LogP contribution is -2.53. The summed E-state index contributed by atoms with van der Waals surface area (Å²) in [5.41, 5.74) is 1.11. The van der Waals surface area contributed by atoms with Gasteiger partial charge >= 0.3 is 5.92 Å². The summed E-state index contributed by atoms with van der Waals surface area (Å²) < 4.78 is 30.0. The monoisotopic (exact) mass is 497 g/mol. The summed E-state index contributed by atoms with van der Waals surface area (Å²) in [6.45, 7) is 0.142. The highest BCUT2D eigenvalue weighted by molar-refractivity contribution is 6.43. The molecule has 2 aliphatic rings. The fourth-order valence-corrected chi connectivity index (χ4v) is 4.52. The van der Waals surface area contributed by atoms with Crippen molar-refractivity contribution in [3.05, 3.63) is 69.7 Å². The van der Waals surface area contributed by atoms with Crippen molar-refractivity contribution in [3.8, 4) is 0 Å². The van der Waals surface area contributed by atoms with Crippen molar-refractivity contribution < 1.29 is 28.0 Å². The normalized spacial score (nSPS) is 18.3. The number of carbonyl (C=O) groups is 4. The second-order valence-corrected chi connectivity index (χ2v) is 9.71. The molecular weight excluding hydrogens is 476 g/mol. The van der Waals surface area contributed by atoms with Gasteiger partial charge in [-0.05, 0) is 41.1 Å². The highest BCUT2D eigenvalue weighted by Gasteiger charge is 2.46. The first-order valence-electron chi connectivity index (χ1n) is 11.0. The third kappa shape index (κ3) is 4.35. The number of imide groups is 1. The van der Waals surface area contributed by atoms with Crippen molar-refractivity contribution in [1.29, 1.82) is 0 Å². The molecule has 2 aromatic carbocycles. The van der Waals surface area contributed by atoms with E-state index in [0.717, 1.165) is 16.9 Å². The molecule has 35 heavy (non-hydrogen) atoms. The molecule has 2 aromatic rings. The van der Waals surface area contributed by atoms with Gasteiger partial charge in [-0.15, -0.1) is 0 Å². The number of nitrogens with zero attached hydrogens (tertiary/aromatic N) is 2. The molecule has 2 heterocycles. The summed E-state index contributed by atoms with van der Waals surface area (Å²) in [7, 11) is 4.58. The van der Waals surface area contributed by atoms with E-state index in [1.54, 1.807) is 33.9 Å². The van der Waals surface area contributed by atoms with Crippen LogP contribution < -0.4 is 5.32 Å². The number of hydrogen-bond acceptors (Lipinski definition) is 4. The molecule has 0 spiro atoms. The molecule has 0 radical (unpaired) electrons. The van der Waals surface area contributed by atoms with Crippen LogP contribution in [0.3, 0.4) is 0 Å². The summed E-state index contributed by atoms with van der Waals surface area (Å²) in [6.07, 6.45) is 0.378. The van der Waals surface area contributed by atoms with Crippen molar-refractivity contribution in [2.24, 2.45) is 0 Å². The SMILES string of the molecule is BN(C(=O)C(F)(F)c1ccc(Cl)cc1)C(B)(B)c1ccc2c(c1)CN(C1CCC(=O)NC1=O)C2=O. The Hall–Kier alpha value is -3.14. The maximum atomic E-state index is 15.0. The van der Waals surface area contributed by atoms with Crippen LogP contribution in [-0.4, -0.2) is 63.1 Å². The third-order valence-electron chi connectivity index (χ3n) is 6.85. The first-order chi connectivity index (χ1) is 16.3. The van der Waals surface area contributed by atoms with Crippen molar-refractivity contribution in [3.63, 3.8) is 0 Å². The van der Waals surface area contributed by atoms with Crippen LogP contribution in [0, 0.1) is 0 Å². The number of rotatable bonds is 5. The van der Waals surface area contributed by atoms with Crippen LogP contribution in [0.2, 0.25) is 5.02 Å². The molecule has 0 saturated carbocycles. The second-order valence-electron chi connectivity index (χ2n) is 9.28. The molecule has 1 N–H and O–H groups in total. The van der Waals surface area contributed by atoms with Gasteiger partial charge in [-0.25, -0.2) is 0 Å². The van der Waals surface area contributed by atoms with E-state index in [2.05, 4.69) is 5.32 Å². The molecule has 0 bridgehead atoms. The number of fused-ring (bicyclic) bond motifs is 1. The van der Waals surface area contributed by atoms with E-state index in [-0.39, 0.29) is 36.2 Å². The minimum Gasteiger partial charge on any atom is -0.393 e. The number of halogens is 3. The molecule has 1 unspecified atom stereocenters. The van der Waals surface area contributed by atoms with Crippen LogP contribution in [0.15, 0.2) is 42.5 Å². The standard InChI is InChI=1S/C22H21B3ClF2N3O4/c23-22(24,31(25)20(35)21(27,28)12-1-4-14(26)5-2-12)13-3-6-15-11(9-13)10-30(19(15)34)16-7-8-17(32)29-18(16)33/h1-6,9,16H,7-8,10,23-25H2,(H,29,32,33). The Labute approximate surface area is 208 Å². The Kier molecular flexibility index (Phi) is 6.29. The van der Waals surface area contributed by atoms with E-state index in [0.29, 0.717) is 16.7 Å². The maximum Gasteiger partial charge on any atom is 0.348 e. The van der Waals surface area contributed by atoms with Gasteiger partial charge in [0.15, 0.2) is 0 Å². The van der Waals surface area contributed by atoms with Gasteiger partial charge in [0.2, 0.25) is 19.8 Å². The van der Waals surface area contributed by atoms with Crippen LogP contribution in [0.4, 0.5) is 8.78 Å². The minimum absolute atomic E-state index is 0.142. The molecule has 0 aliphatic carbocycles. The highest BCUT2D eigenvalue weighted by Crippen LogP contribution is 2.35. The first-order valence-corrected chi connectivity index (χ1v) is 11.4. The van der Waals surface area contributed by atoms with E-state index < -0.39 is 34.7 Å². The van der Waals surface area contributed by atoms with E-state index in [1.165, 1.54) is 25.0 Å². The molecule has 4 rings (SSSR count). The molecule has 4 amide bonds. The van der Waals surface area contributed by atoms with Crippen LogP contribution in [0.25, 0.3) is 0 Å². The van der Waals surface area contributed by atoms with E-state index in [9.17, 15) is 19.2 Å². The Balaban J connectivity index is 1.58. The zero-order valence-electron chi connectivity index (χ0n) is 19.4. The predicted octanol–water partition coefficient (Wildman–Crippen LogP) is -0.354. The largest absolute Gasteiger partial charge is 0.393 e. The quantitative estimate of drug-likeness (QED) is 0.452. The van der Waals surface area contributed by atoms with Gasteiger partial charge in [0.1, 0.15) is 21.7 Å². The molecule has 178 valence electrons. The van der Waals surface area contributed by atoms with E-state index in [4.69, 9.17) is 11.6 Å². The molecule has 2 aliphatic heterocycles. The van der Waals surface area contributed by atoms with Gasteiger partial charge in [-0.3, -0.25) is 24.5 Å². The summed E-state index contributed by atoms with van der Waals surface area (Å²) >= 11 is 5.78. The maximum absolute atomic E-state index is 15.0. The summed E-state index contributed by atoms with van der Waals surface area (Å²) in [4.78, 5) is 51.9. The predicted molar refractivity (Wildman–Crippen MR) is 132 cm³/mol. The molecule has 1 saturated heterocycles. The number of carbonyl (C=O) groups excluding carboxylic acids is 4. The molecule has 13 heteroatoms. The van der Waals surface area contributed by atoms with Crippen molar-refractivity contribution in [1.82, 2.24) is 15.0 Å². The van der Waals surface area contributed by atoms with Crippen LogP contribution >= 0.6 is 11.6 Å². The Morgan fingerprint density at radius 1 is 1.09 bits per heavy atom. The molecule has 0 aromatic heterocycles. The number of amides is 4. The van der Waals surface area contributed by atoms with Crippen LogP contribution in [-0.2, 0) is 32.2 Å². The van der Waals surface area contributed by atoms with Crippen molar-refractivity contribution in [2.45, 2.75) is 36.7 Å². The lowest BCUT2D eigenvalue weighted by Gasteiger charge is -2.39. The van der Waals surface area contributed by atoms with Crippen molar-refractivity contribution in [2.75, 3.05) is 0 Å².